The number of fused-ring (bicyclic) bond motifs is 1. The van der Waals surface area contributed by atoms with Crippen LogP contribution in [-0.4, -0.2) is 19.0 Å². The fraction of sp³-hybridized carbons (Fsp3) is 0.625. The molecule has 0 aliphatic carbocycles. The van der Waals surface area contributed by atoms with E-state index >= 15 is 0 Å². The lowest BCUT2D eigenvalue weighted by atomic mass is 9.99. The molecule has 0 amide bonds. The van der Waals surface area contributed by atoms with E-state index in [-0.39, 0.29) is 0 Å². The molecule has 2 heteroatoms. The molecule has 0 N–H and O–H groups in total. The van der Waals surface area contributed by atoms with Gasteiger partial charge in [0.15, 0.2) is 5.90 Å². The highest BCUT2D eigenvalue weighted by Gasteiger charge is 2.20. The molecule has 1 unspecified atom stereocenters. The fourth-order valence-corrected chi connectivity index (χ4v) is 1.42. The number of hydrogen-bond acceptors (Lipinski definition) is 2. The second-order valence-electron chi connectivity index (χ2n) is 2.70. The third-order valence-electron chi connectivity index (χ3n) is 1.95. The van der Waals surface area contributed by atoms with Gasteiger partial charge >= 0.3 is 0 Å². The van der Waals surface area contributed by atoms with Crippen molar-refractivity contribution in [2.24, 2.45) is 10.9 Å². The van der Waals surface area contributed by atoms with Gasteiger partial charge in [-0.05, 0) is 12.8 Å². The Bertz CT molecular complexity index is 184. The van der Waals surface area contributed by atoms with Crippen molar-refractivity contribution in [1.82, 2.24) is 0 Å². The predicted octanol–water partition coefficient (Wildman–Crippen LogP) is 1.38. The maximum absolute atomic E-state index is 5.38. The average Bonchev–Trinajstić information content (AvgIpc) is 2.05. The van der Waals surface area contributed by atoms with E-state index in [0.717, 1.165) is 19.0 Å². The van der Waals surface area contributed by atoms with Gasteiger partial charge in [-0.3, -0.25) is 4.99 Å². The maximum Gasteiger partial charge on any atom is 0.190 e. The molecule has 2 nitrogen and oxygen atoms in total. The Morgan fingerprint density at radius 1 is 1.60 bits per heavy atom. The molecule has 2 rings (SSSR count). The second kappa shape index (κ2) is 2.45. The first-order valence-corrected chi connectivity index (χ1v) is 3.80. The lowest BCUT2D eigenvalue weighted by Crippen LogP contribution is -2.24. The highest BCUT2D eigenvalue weighted by atomic mass is 16.5. The van der Waals surface area contributed by atoms with Crippen molar-refractivity contribution >= 4 is 5.90 Å². The summed E-state index contributed by atoms with van der Waals surface area (Å²) in [5.74, 6) is 1.47. The quantitative estimate of drug-likeness (QED) is 0.462. The van der Waals surface area contributed by atoms with Crippen molar-refractivity contribution < 1.29 is 4.74 Å². The van der Waals surface area contributed by atoms with Gasteiger partial charge in [0.2, 0.25) is 0 Å². The summed E-state index contributed by atoms with van der Waals surface area (Å²) in [4.78, 5) is 4.26. The molecule has 0 radical (unpaired) electrons. The Morgan fingerprint density at radius 2 is 2.60 bits per heavy atom. The zero-order chi connectivity index (χ0) is 6.81. The summed E-state index contributed by atoms with van der Waals surface area (Å²) in [6, 6.07) is 0. The molecule has 0 spiro atoms. The molecule has 10 heavy (non-hydrogen) atoms. The number of aliphatic imine (C=N–C) groups is 1. The molecule has 0 aromatic carbocycles. The van der Waals surface area contributed by atoms with Gasteiger partial charge < -0.3 is 4.74 Å². The Balaban J connectivity index is 2.13. The van der Waals surface area contributed by atoms with E-state index in [0.29, 0.717) is 5.92 Å². The van der Waals surface area contributed by atoms with Crippen molar-refractivity contribution in [3.05, 3.63) is 12.2 Å². The zero-order valence-corrected chi connectivity index (χ0v) is 5.92. The van der Waals surface area contributed by atoms with E-state index in [2.05, 4.69) is 17.1 Å². The van der Waals surface area contributed by atoms with E-state index in [9.17, 15) is 0 Å². The van der Waals surface area contributed by atoms with Crippen LogP contribution >= 0.6 is 0 Å². The van der Waals surface area contributed by atoms with E-state index in [4.69, 9.17) is 4.74 Å². The minimum Gasteiger partial charge on any atom is -0.481 e. The van der Waals surface area contributed by atoms with Gasteiger partial charge in [-0.15, -0.1) is 0 Å². The van der Waals surface area contributed by atoms with Crippen LogP contribution in [0.25, 0.3) is 0 Å². The SMILES string of the molecule is C1=CC2CCCOC2=NC1. The predicted molar refractivity (Wildman–Crippen MR) is 40.1 cm³/mol. The minimum atomic E-state index is 0.502. The summed E-state index contributed by atoms with van der Waals surface area (Å²) < 4.78 is 5.38. The molecule has 1 saturated heterocycles. The second-order valence-corrected chi connectivity index (χ2v) is 2.70. The Hall–Kier alpha value is -0.790. The van der Waals surface area contributed by atoms with Crippen LogP contribution in [-0.2, 0) is 4.74 Å². The maximum atomic E-state index is 5.38. The molecule has 2 heterocycles. The summed E-state index contributed by atoms with van der Waals surface area (Å²) in [6.07, 6.45) is 6.72. The average molecular weight is 137 g/mol. The van der Waals surface area contributed by atoms with Gasteiger partial charge in [-0.2, -0.15) is 0 Å². The van der Waals surface area contributed by atoms with E-state index in [1.54, 1.807) is 0 Å². The summed E-state index contributed by atoms with van der Waals surface area (Å²) >= 11 is 0. The van der Waals surface area contributed by atoms with Crippen LogP contribution in [0.1, 0.15) is 12.8 Å². The molecular formula is C8H11NO. The molecule has 54 valence electrons. The van der Waals surface area contributed by atoms with Gasteiger partial charge in [-0.1, -0.05) is 12.2 Å². The van der Waals surface area contributed by atoms with Crippen molar-refractivity contribution in [3.63, 3.8) is 0 Å². The van der Waals surface area contributed by atoms with Crippen LogP contribution in [0.3, 0.4) is 0 Å². The first kappa shape index (κ1) is 5.96. The third kappa shape index (κ3) is 0.939. The lowest BCUT2D eigenvalue weighted by molar-refractivity contribution is 0.239. The van der Waals surface area contributed by atoms with Crippen LogP contribution in [0.5, 0.6) is 0 Å². The monoisotopic (exact) mass is 137 g/mol. The van der Waals surface area contributed by atoms with Crippen LogP contribution in [0.15, 0.2) is 17.1 Å². The van der Waals surface area contributed by atoms with Gasteiger partial charge in [0, 0.05) is 0 Å². The van der Waals surface area contributed by atoms with E-state index in [1.165, 1.54) is 12.8 Å². The number of nitrogens with zero attached hydrogens (tertiary/aromatic N) is 1. The molecular weight excluding hydrogens is 126 g/mol. The van der Waals surface area contributed by atoms with Crippen molar-refractivity contribution in [2.45, 2.75) is 12.8 Å². The lowest BCUT2D eigenvalue weighted by Gasteiger charge is -2.23. The summed E-state index contributed by atoms with van der Waals surface area (Å²) in [6.45, 7) is 1.68. The molecule has 2 aliphatic heterocycles. The van der Waals surface area contributed by atoms with Crippen molar-refractivity contribution in [1.29, 1.82) is 0 Å². The third-order valence-corrected chi connectivity index (χ3v) is 1.95. The van der Waals surface area contributed by atoms with Crippen LogP contribution in [0.4, 0.5) is 0 Å². The van der Waals surface area contributed by atoms with Gasteiger partial charge in [0.05, 0.1) is 19.1 Å². The van der Waals surface area contributed by atoms with E-state index < -0.39 is 0 Å². The number of dihydropyridines is 1. The Kier molecular flexibility index (Phi) is 1.46. The fourth-order valence-electron chi connectivity index (χ4n) is 1.42. The van der Waals surface area contributed by atoms with Gasteiger partial charge in [0.25, 0.3) is 0 Å². The molecule has 1 atom stereocenters. The smallest absolute Gasteiger partial charge is 0.190 e. The Labute approximate surface area is 60.6 Å². The molecule has 0 bridgehead atoms. The van der Waals surface area contributed by atoms with Gasteiger partial charge in [0.1, 0.15) is 0 Å². The number of ether oxygens (including phenoxy) is 1. The molecule has 0 aromatic heterocycles. The highest BCUT2D eigenvalue weighted by Crippen LogP contribution is 2.19. The standard InChI is InChI=1S/C8H11NO/c1-3-7-4-2-6-10-8(7)9-5-1/h1,3,7H,2,4-6H2. The molecule has 1 fully saturated rings. The summed E-state index contributed by atoms with van der Waals surface area (Å²) in [5, 5.41) is 0. The normalized spacial score (nSPS) is 30.4. The number of rotatable bonds is 0. The van der Waals surface area contributed by atoms with Gasteiger partial charge in [-0.25, -0.2) is 0 Å². The first-order valence-electron chi connectivity index (χ1n) is 3.80. The topological polar surface area (TPSA) is 21.6 Å². The van der Waals surface area contributed by atoms with Crippen molar-refractivity contribution in [2.75, 3.05) is 13.2 Å². The first-order chi connectivity index (χ1) is 4.97. The molecule has 2 aliphatic rings. The summed E-state index contributed by atoms with van der Waals surface area (Å²) in [5.41, 5.74) is 0. The molecule has 0 saturated carbocycles. The zero-order valence-electron chi connectivity index (χ0n) is 5.92. The molecule has 0 aromatic rings. The Morgan fingerprint density at radius 3 is 3.50 bits per heavy atom. The summed E-state index contributed by atoms with van der Waals surface area (Å²) in [7, 11) is 0. The van der Waals surface area contributed by atoms with Crippen LogP contribution < -0.4 is 0 Å². The highest BCUT2D eigenvalue weighted by molar-refractivity contribution is 5.81. The number of hydrogen-bond donors (Lipinski definition) is 0. The van der Waals surface area contributed by atoms with Crippen LogP contribution in [0.2, 0.25) is 0 Å². The van der Waals surface area contributed by atoms with Crippen molar-refractivity contribution in [3.8, 4) is 0 Å². The van der Waals surface area contributed by atoms with Crippen LogP contribution in [0, 0.1) is 5.92 Å². The largest absolute Gasteiger partial charge is 0.481 e. The van der Waals surface area contributed by atoms with E-state index in [1.807, 2.05) is 0 Å². The minimum absolute atomic E-state index is 0.502.